The van der Waals surface area contributed by atoms with Gasteiger partial charge in [-0.05, 0) is 29.8 Å². The van der Waals surface area contributed by atoms with Gasteiger partial charge in [0, 0.05) is 6.42 Å². The molecule has 3 nitrogen and oxygen atoms in total. The molecule has 0 aliphatic carbocycles. The molecule has 0 saturated heterocycles. The first kappa shape index (κ1) is 14.7. The third-order valence-corrected chi connectivity index (χ3v) is 3.05. The average Bonchev–Trinajstić information content (AvgIpc) is 2.53. The van der Waals surface area contributed by atoms with Crippen molar-refractivity contribution < 1.29 is 13.9 Å². The zero-order chi connectivity index (χ0) is 15.2. The largest absolute Gasteiger partial charge is 0.488 e. The van der Waals surface area contributed by atoms with Gasteiger partial charge in [0.05, 0.1) is 11.1 Å². The predicted molar refractivity (Wildman–Crippen MR) is 76.5 cm³/mol. The third-order valence-electron chi connectivity index (χ3n) is 3.05. The fourth-order valence-electron chi connectivity index (χ4n) is 1.92. The number of carbonyl (C=O) groups is 1. The summed E-state index contributed by atoms with van der Waals surface area (Å²) >= 11 is 0. The Morgan fingerprint density at radius 2 is 2.05 bits per heavy atom. The van der Waals surface area contributed by atoms with Gasteiger partial charge in [-0.1, -0.05) is 25.1 Å². The van der Waals surface area contributed by atoms with Crippen LogP contribution < -0.4 is 4.74 Å². The maximum atomic E-state index is 13.2. The van der Waals surface area contributed by atoms with Crippen molar-refractivity contribution in [3.8, 4) is 11.8 Å². The molecule has 0 amide bonds. The molecule has 0 N–H and O–H groups in total. The SMILES string of the molecule is CCC(=O)c1ccccc1OCc1ccc(F)c(C#N)c1. The minimum atomic E-state index is -0.553. The zero-order valence-electron chi connectivity index (χ0n) is 11.6. The molecule has 0 aliphatic rings. The number of halogens is 1. The van der Waals surface area contributed by atoms with Gasteiger partial charge in [-0.3, -0.25) is 4.79 Å². The van der Waals surface area contributed by atoms with Crippen LogP contribution in [-0.2, 0) is 6.61 Å². The van der Waals surface area contributed by atoms with Crippen LogP contribution in [0.2, 0.25) is 0 Å². The molecular weight excluding hydrogens is 269 g/mol. The third kappa shape index (κ3) is 3.46. The van der Waals surface area contributed by atoms with E-state index in [1.807, 2.05) is 0 Å². The summed E-state index contributed by atoms with van der Waals surface area (Å²) in [6, 6.07) is 13.0. The lowest BCUT2D eigenvalue weighted by atomic mass is 10.1. The van der Waals surface area contributed by atoms with E-state index >= 15 is 0 Å². The van der Waals surface area contributed by atoms with Gasteiger partial charge in [-0.2, -0.15) is 5.26 Å². The number of ether oxygens (including phenoxy) is 1. The maximum absolute atomic E-state index is 13.2. The number of nitriles is 1. The van der Waals surface area contributed by atoms with Gasteiger partial charge in [-0.25, -0.2) is 4.39 Å². The Balaban J connectivity index is 2.17. The monoisotopic (exact) mass is 283 g/mol. The molecule has 0 atom stereocenters. The van der Waals surface area contributed by atoms with Crippen molar-refractivity contribution in [1.29, 1.82) is 5.26 Å². The first-order valence-corrected chi connectivity index (χ1v) is 6.59. The number of Topliss-reactive ketones (excluding diaryl/α,β-unsaturated/α-hetero) is 1. The maximum Gasteiger partial charge on any atom is 0.166 e. The fourth-order valence-corrected chi connectivity index (χ4v) is 1.92. The standard InChI is InChI=1S/C17H14FNO2/c1-2-16(20)14-5-3-4-6-17(14)21-11-12-7-8-15(18)13(9-12)10-19/h3-9H,2,11H2,1H3. The van der Waals surface area contributed by atoms with Crippen LogP contribution in [0.4, 0.5) is 4.39 Å². The van der Waals surface area contributed by atoms with Crippen LogP contribution in [0.1, 0.15) is 34.8 Å². The molecule has 0 bridgehead atoms. The van der Waals surface area contributed by atoms with Gasteiger partial charge in [0.15, 0.2) is 5.78 Å². The van der Waals surface area contributed by atoms with E-state index in [1.54, 1.807) is 43.3 Å². The highest BCUT2D eigenvalue weighted by Gasteiger charge is 2.10. The number of nitrogens with zero attached hydrogens (tertiary/aromatic N) is 1. The second-order valence-corrected chi connectivity index (χ2v) is 4.49. The Kier molecular flexibility index (Phi) is 4.68. The highest BCUT2D eigenvalue weighted by Crippen LogP contribution is 2.21. The van der Waals surface area contributed by atoms with Crippen LogP contribution in [0.15, 0.2) is 42.5 Å². The summed E-state index contributed by atoms with van der Waals surface area (Å²) in [5, 5.41) is 8.80. The molecule has 0 spiro atoms. The molecule has 2 rings (SSSR count). The molecule has 2 aromatic rings. The lowest BCUT2D eigenvalue weighted by Crippen LogP contribution is -2.03. The zero-order valence-corrected chi connectivity index (χ0v) is 11.6. The molecule has 21 heavy (non-hydrogen) atoms. The molecule has 0 fully saturated rings. The minimum Gasteiger partial charge on any atom is -0.488 e. The number of benzene rings is 2. The lowest BCUT2D eigenvalue weighted by Gasteiger charge is -2.10. The summed E-state index contributed by atoms with van der Waals surface area (Å²) < 4.78 is 18.9. The Morgan fingerprint density at radius 3 is 2.76 bits per heavy atom. The van der Waals surface area contributed by atoms with Crippen molar-refractivity contribution in [1.82, 2.24) is 0 Å². The Bertz CT molecular complexity index is 704. The van der Waals surface area contributed by atoms with Crippen molar-refractivity contribution in [3.05, 3.63) is 65.0 Å². The van der Waals surface area contributed by atoms with Crippen molar-refractivity contribution in [2.24, 2.45) is 0 Å². The second kappa shape index (κ2) is 6.67. The molecule has 4 heteroatoms. The van der Waals surface area contributed by atoms with Gasteiger partial charge in [-0.15, -0.1) is 0 Å². The topological polar surface area (TPSA) is 50.1 Å². The number of carbonyl (C=O) groups excluding carboxylic acids is 1. The first-order chi connectivity index (χ1) is 10.2. The summed E-state index contributed by atoms with van der Waals surface area (Å²) in [6.07, 6.45) is 0.398. The number of hydrogen-bond acceptors (Lipinski definition) is 3. The first-order valence-electron chi connectivity index (χ1n) is 6.59. The van der Waals surface area contributed by atoms with Gasteiger partial charge in [0.1, 0.15) is 24.2 Å². The summed E-state index contributed by atoms with van der Waals surface area (Å²) in [7, 11) is 0. The Hall–Kier alpha value is -2.67. The number of para-hydroxylation sites is 1. The molecule has 0 heterocycles. The van der Waals surface area contributed by atoms with Crippen LogP contribution in [0.25, 0.3) is 0 Å². The molecule has 106 valence electrons. The average molecular weight is 283 g/mol. The van der Waals surface area contributed by atoms with Crippen LogP contribution in [0.5, 0.6) is 5.75 Å². The van der Waals surface area contributed by atoms with Crippen molar-refractivity contribution in [2.45, 2.75) is 20.0 Å². The second-order valence-electron chi connectivity index (χ2n) is 4.49. The molecule has 0 radical (unpaired) electrons. The van der Waals surface area contributed by atoms with Crippen molar-refractivity contribution in [3.63, 3.8) is 0 Å². The number of rotatable bonds is 5. The molecule has 0 aromatic heterocycles. The van der Waals surface area contributed by atoms with E-state index in [0.717, 1.165) is 0 Å². The number of hydrogen-bond donors (Lipinski definition) is 0. The van der Waals surface area contributed by atoms with E-state index in [1.165, 1.54) is 12.1 Å². The molecule has 0 saturated carbocycles. The normalized spacial score (nSPS) is 9.95. The quantitative estimate of drug-likeness (QED) is 0.783. The fraction of sp³-hybridized carbons (Fsp3) is 0.176. The summed E-state index contributed by atoms with van der Waals surface area (Å²) in [4.78, 5) is 11.8. The van der Waals surface area contributed by atoms with Crippen molar-refractivity contribution >= 4 is 5.78 Å². The summed E-state index contributed by atoms with van der Waals surface area (Å²) in [6.45, 7) is 1.96. The predicted octanol–water partition coefficient (Wildman–Crippen LogP) is 3.87. The Morgan fingerprint density at radius 1 is 1.29 bits per heavy atom. The summed E-state index contributed by atoms with van der Waals surface area (Å²) in [5.41, 5.74) is 1.18. The van der Waals surface area contributed by atoms with Crippen LogP contribution in [0, 0.1) is 17.1 Å². The Labute approximate surface area is 122 Å². The van der Waals surface area contributed by atoms with Gasteiger partial charge in [0.2, 0.25) is 0 Å². The van der Waals surface area contributed by atoms with E-state index in [2.05, 4.69) is 0 Å². The van der Waals surface area contributed by atoms with E-state index in [9.17, 15) is 9.18 Å². The van der Waals surface area contributed by atoms with E-state index in [0.29, 0.717) is 23.3 Å². The van der Waals surface area contributed by atoms with Gasteiger partial charge in [0.25, 0.3) is 0 Å². The van der Waals surface area contributed by atoms with Gasteiger partial charge < -0.3 is 4.74 Å². The van der Waals surface area contributed by atoms with E-state index < -0.39 is 5.82 Å². The molecular formula is C17H14FNO2. The van der Waals surface area contributed by atoms with Gasteiger partial charge >= 0.3 is 0 Å². The van der Waals surface area contributed by atoms with E-state index in [4.69, 9.17) is 10.00 Å². The smallest absolute Gasteiger partial charge is 0.166 e. The lowest BCUT2D eigenvalue weighted by molar-refractivity contribution is 0.0983. The van der Waals surface area contributed by atoms with Crippen molar-refractivity contribution in [2.75, 3.05) is 0 Å². The molecule has 2 aromatic carbocycles. The highest BCUT2D eigenvalue weighted by molar-refractivity contribution is 5.98. The van der Waals surface area contributed by atoms with Crippen LogP contribution in [0.3, 0.4) is 0 Å². The number of ketones is 1. The summed E-state index contributed by atoms with van der Waals surface area (Å²) in [5.74, 6) is -0.0580. The van der Waals surface area contributed by atoms with Crippen LogP contribution in [-0.4, -0.2) is 5.78 Å². The van der Waals surface area contributed by atoms with Crippen LogP contribution >= 0.6 is 0 Å². The highest BCUT2D eigenvalue weighted by atomic mass is 19.1. The van der Waals surface area contributed by atoms with E-state index in [-0.39, 0.29) is 18.0 Å². The minimum absolute atomic E-state index is 0.00224. The molecule has 0 aliphatic heterocycles. The molecule has 0 unspecified atom stereocenters.